The Hall–Kier alpha value is -4.02. The Bertz CT molecular complexity index is 1550. The van der Waals surface area contributed by atoms with Crippen molar-refractivity contribution in [2.45, 2.75) is 15.9 Å². The van der Waals surface area contributed by atoms with E-state index in [1.54, 1.807) is 18.2 Å². The lowest BCUT2D eigenvalue weighted by Crippen LogP contribution is -2.19. The summed E-state index contributed by atoms with van der Waals surface area (Å²) in [6, 6.07) is 21.9. The molecule has 2 heterocycles. The zero-order valence-electron chi connectivity index (χ0n) is 17.5. The van der Waals surface area contributed by atoms with Gasteiger partial charge in [0.1, 0.15) is 5.76 Å². The maximum atomic E-state index is 12.3. The molecule has 3 aromatic carbocycles. The molecule has 0 spiro atoms. The summed E-state index contributed by atoms with van der Waals surface area (Å²) in [7, 11) is 0. The van der Waals surface area contributed by atoms with Crippen LogP contribution in [0.4, 0.5) is 5.69 Å². The summed E-state index contributed by atoms with van der Waals surface area (Å²) in [5.41, 5.74) is 4.20. The lowest BCUT2D eigenvalue weighted by Gasteiger charge is -2.05. The Morgan fingerprint density at radius 3 is 2.88 bits per heavy atom. The van der Waals surface area contributed by atoms with Crippen molar-refractivity contribution in [1.82, 2.24) is 10.4 Å². The molecule has 1 N–H and O–H groups in total. The van der Waals surface area contributed by atoms with Crippen LogP contribution in [0.1, 0.15) is 11.3 Å². The fourth-order valence-corrected chi connectivity index (χ4v) is 5.42. The van der Waals surface area contributed by atoms with Crippen molar-refractivity contribution in [3.05, 3.63) is 94.2 Å². The molecule has 0 atom stereocenters. The second-order valence-corrected chi connectivity index (χ2v) is 9.54. The zero-order valence-corrected chi connectivity index (χ0v) is 19.1. The summed E-state index contributed by atoms with van der Waals surface area (Å²) in [6.07, 6.45) is 1.65. The number of hydrogen-bond acceptors (Lipinski definition) is 8. The Morgan fingerprint density at radius 2 is 2.00 bits per heavy atom. The monoisotopic (exact) mass is 488 g/mol. The van der Waals surface area contributed by atoms with Crippen LogP contribution in [-0.2, 0) is 11.2 Å². The summed E-state index contributed by atoms with van der Waals surface area (Å²) in [5, 5.41) is 17.7. The van der Waals surface area contributed by atoms with Gasteiger partial charge < -0.3 is 4.42 Å². The molecule has 10 heteroatoms. The quantitative estimate of drug-likeness (QED) is 0.176. The van der Waals surface area contributed by atoms with E-state index >= 15 is 0 Å². The first-order chi connectivity index (χ1) is 16.5. The van der Waals surface area contributed by atoms with Crippen LogP contribution in [0.5, 0.6) is 0 Å². The van der Waals surface area contributed by atoms with Gasteiger partial charge in [-0.2, -0.15) is 5.10 Å². The molecule has 8 nitrogen and oxygen atoms in total. The first-order valence-electron chi connectivity index (χ1n) is 10.2. The number of hydrogen-bond donors (Lipinski definition) is 1. The number of rotatable bonds is 7. The number of furan rings is 1. The van der Waals surface area contributed by atoms with Crippen LogP contribution in [-0.4, -0.2) is 22.0 Å². The number of benzene rings is 3. The number of aromatic nitrogens is 1. The lowest BCUT2D eigenvalue weighted by molar-refractivity contribution is -0.384. The van der Waals surface area contributed by atoms with Crippen LogP contribution in [0, 0.1) is 10.1 Å². The van der Waals surface area contributed by atoms with Crippen LogP contribution in [0.2, 0.25) is 0 Å². The van der Waals surface area contributed by atoms with E-state index in [4.69, 9.17) is 4.42 Å². The van der Waals surface area contributed by atoms with Crippen molar-refractivity contribution in [3.8, 4) is 0 Å². The third kappa shape index (κ3) is 4.82. The van der Waals surface area contributed by atoms with E-state index in [2.05, 4.69) is 15.5 Å². The number of non-ortho nitro benzene ring substituents is 1. The SMILES string of the molecule is O=C(Cc1cccc2ccccc12)NN=Cc1ccc(Sc2nc3ccc([N+](=O)[O-])cc3s2)o1. The summed E-state index contributed by atoms with van der Waals surface area (Å²) in [6.45, 7) is 0. The second-order valence-electron chi connectivity index (χ2n) is 7.26. The van der Waals surface area contributed by atoms with Gasteiger partial charge in [-0.1, -0.05) is 42.5 Å². The molecule has 0 aliphatic carbocycles. The molecule has 0 radical (unpaired) electrons. The van der Waals surface area contributed by atoms with Crippen molar-refractivity contribution in [2.24, 2.45) is 5.10 Å². The average molecular weight is 489 g/mol. The van der Waals surface area contributed by atoms with Crippen molar-refractivity contribution in [2.75, 3.05) is 0 Å². The van der Waals surface area contributed by atoms with E-state index < -0.39 is 4.92 Å². The standard InChI is InChI=1S/C24H16N4O4S2/c29-22(12-16-6-3-5-15-4-1-2-7-19(15)16)27-25-14-18-9-11-23(32-18)34-24-26-20-10-8-17(28(30)31)13-21(20)33-24/h1-11,13-14H,12H2,(H,27,29). The van der Waals surface area contributed by atoms with E-state index in [1.165, 1.54) is 41.4 Å². The first kappa shape index (κ1) is 21.8. The largest absolute Gasteiger partial charge is 0.448 e. The van der Waals surface area contributed by atoms with E-state index in [-0.39, 0.29) is 18.0 Å². The molecule has 5 rings (SSSR count). The summed E-state index contributed by atoms with van der Waals surface area (Å²) in [4.78, 5) is 27.3. The summed E-state index contributed by atoms with van der Waals surface area (Å²) in [5.74, 6) is 0.252. The predicted octanol–water partition coefficient (Wildman–Crippen LogP) is 5.79. The maximum Gasteiger partial charge on any atom is 0.270 e. The number of carbonyl (C=O) groups is 1. The van der Waals surface area contributed by atoms with Gasteiger partial charge in [0.15, 0.2) is 9.43 Å². The molecule has 1 amide bonds. The van der Waals surface area contributed by atoms with E-state index in [0.29, 0.717) is 20.7 Å². The number of amides is 1. The first-order valence-corrected chi connectivity index (χ1v) is 11.8. The van der Waals surface area contributed by atoms with E-state index in [0.717, 1.165) is 21.0 Å². The van der Waals surface area contributed by atoms with Gasteiger partial charge in [0.05, 0.1) is 27.8 Å². The van der Waals surface area contributed by atoms with Crippen LogP contribution in [0.25, 0.3) is 21.0 Å². The highest BCUT2D eigenvalue weighted by atomic mass is 32.2. The van der Waals surface area contributed by atoms with Crippen molar-refractivity contribution < 1.29 is 14.1 Å². The van der Waals surface area contributed by atoms with Gasteiger partial charge in [-0.25, -0.2) is 10.4 Å². The number of carbonyl (C=O) groups excluding carboxylic acids is 1. The fourth-order valence-electron chi connectivity index (χ4n) is 3.42. The van der Waals surface area contributed by atoms with Crippen molar-refractivity contribution >= 4 is 61.9 Å². The third-order valence-corrected chi connectivity index (χ3v) is 6.96. The predicted molar refractivity (Wildman–Crippen MR) is 132 cm³/mol. The molecule has 0 unspecified atom stereocenters. The molecule has 168 valence electrons. The fraction of sp³-hybridized carbons (Fsp3) is 0.0417. The van der Waals surface area contributed by atoms with Crippen LogP contribution >= 0.6 is 23.1 Å². The molecule has 0 bridgehead atoms. The van der Waals surface area contributed by atoms with Crippen LogP contribution < -0.4 is 5.43 Å². The molecule has 0 fully saturated rings. The van der Waals surface area contributed by atoms with Gasteiger partial charge in [-0.05, 0) is 46.3 Å². The normalized spacial score (nSPS) is 11.4. The van der Waals surface area contributed by atoms with Gasteiger partial charge in [-0.3, -0.25) is 14.9 Å². The third-order valence-electron chi connectivity index (χ3n) is 4.97. The Labute approximate surface area is 201 Å². The molecule has 0 saturated carbocycles. The van der Waals surface area contributed by atoms with E-state index in [1.807, 2.05) is 42.5 Å². The molecule has 5 aromatic rings. The molecule has 34 heavy (non-hydrogen) atoms. The van der Waals surface area contributed by atoms with Crippen molar-refractivity contribution in [1.29, 1.82) is 0 Å². The Kier molecular flexibility index (Phi) is 6.07. The maximum absolute atomic E-state index is 12.3. The van der Waals surface area contributed by atoms with Gasteiger partial charge in [0.2, 0.25) is 5.91 Å². The Balaban J connectivity index is 1.20. The van der Waals surface area contributed by atoms with Crippen LogP contribution in [0.3, 0.4) is 0 Å². The number of nitro groups is 1. The summed E-state index contributed by atoms with van der Waals surface area (Å²) < 4.78 is 7.16. The molecule has 0 aliphatic rings. The highest BCUT2D eigenvalue weighted by Gasteiger charge is 2.12. The minimum absolute atomic E-state index is 0.0340. The molecular formula is C24H16N4O4S2. The van der Waals surface area contributed by atoms with Gasteiger partial charge in [0, 0.05) is 12.1 Å². The van der Waals surface area contributed by atoms with Gasteiger partial charge in [0.25, 0.3) is 5.69 Å². The van der Waals surface area contributed by atoms with Crippen molar-refractivity contribution in [3.63, 3.8) is 0 Å². The van der Waals surface area contributed by atoms with Gasteiger partial charge in [-0.15, -0.1) is 11.3 Å². The zero-order chi connectivity index (χ0) is 23.5. The highest BCUT2D eigenvalue weighted by Crippen LogP contribution is 2.36. The lowest BCUT2D eigenvalue weighted by atomic mass is 10.0. The highest BCUT2D eigenvalue weighted by molar-refractivity contribution is 8.01. The van der Waals surface area contributed by atoms with Crippen LogP contribution in [0.15, 0.2) is 91.7 Å². The minimum Gasteiger partial charge on any atom is -0.448 e. The Morgan fingerprint density at radius 1 is 1.15 bits per heavy atom. The summed E-state index contributed by atoms with van der Waals surface area (Å²) >= 11 is 2.67. The molecule has 0 aliphatic heterocycles. The minimum atomic E-state index is -0.426. The number of hydrazone groups is 1. The number of nitro benzene ring substituents is 1. The number of thiazole rings is 1. The number of nitrogens with one attached hydrogen (secondary N) is 1. The average Bonchev–Trinajstić information content (AvgIpc) is 3.45. The smallest absolute Gasteiger partial charge is 0.270 e. The number of fused-ring (bicyclic) bond motifs is 2. The molecule has 2 aromatic heterocycles. The topological polar surface area (TPSA) is 111 Å². The second kappa shape index (κ2) is 9.46. The van der Waals surface area contributed by atoms with Gasteiger partial charge >= 0.3 is 0 Å². The molecular weight excluding hydrogens is 472 g/mol. The van der Waals surface area contributed by atoms with E-state index in [9.17, 15) is 14.9 Å². The number of nitrogens with zero attached hydrogens (tertiary/aromatic N) is 3. The molecule has 0 saturated heterocycles.